The smallest absolute Gasteiger partial charge is 0.322 e. The molecule has 10 heteroatoms. The normalized spacial score (nSPS) is 12.6. The van der Waals surface area contributed by atoms with Gasteiger partial charge in [-0.3, -0.25) is 4.79 Å². The Kier molecular flexibility index (Phi) is 8.89. The van der Waals surface area contributed by atoms with Crippen LogP contribution >= 0.6 is 22.9 Å². The maximum atomic E-state index is 13.5. The molecule has 1 aliphatic rings. The van der Waals surface area contributed by atoms with Crippen LogP contribution in [0.2, 0.25) is 5.02 Å². The van der Waals surface area contributed by atoms with Crippen molar-refractivity contribution in [3.63, 3.8) is 0 Å². The summed E-state index contributed by atoms with van der Waals surface area (Å²) in [7, 11) is 3.18. The number of urea groups is 1. The van der Waals surface area contributed by atoms with Crippen molar-refractivity contribution < 1.29 is 23.5 Å². The largest absolute Gasteiger partial charge is 0.493 e. The molecule has 1 aromatic heterocycles. The first-order valence-electron chi connectivity index (χ1n) is 11.9. The molecule has 196 valence electrons. The monoisotopic (exact) mass is 545 g/mol. The van der Waals surface area contributed by atoms with Gasteiger partial charge in [0.2, 0.25) is 5.91 Å². The van der Waals surface area contributed by atoms with Crippen LogP contribution in [-0.2, 0) is 17.8 Å². The Morgan fingerprint density at radius 3 is 2.54 bits per heavy atom. The number of nitrogens with one attached hydrogen (secondary N) is 1. The summed E-state index contributed by atoms with van der Waals surface area (Å²) in [5.41, 5.74) is 1.38. The van der Waals surface area contributed by atoms with Gasteiger partial charge in [-0.25, -0.2) is 9.18 Å². The topological polar surface area (TPSA) is 71.1 Å². The highest BCUT2D eigenvalue weighted by atomic mass is 35.5. The van der Waals surface area contributed by atoms with Crippen LogP contribution < -0.4 is 14.8 Å². The molecule has 0 bridgehead atoms. The van der Waals surface area contributed by atoms with E-state index in [1.54, 1.807) is 35.4 Å². The molecule has 1 saturated carbocycles. The van der Waals surface area contributed by atoms with Gasteiger partial charge >= 0.3 is 6.03 Å². The molecule has 0 radical (unpaired) electrons. The van der Waals surface area contributed by atoms with Crippen LogP contribution in [0.25, 0.3) is 0 Å². The van der Waals surface area contributed by atoms with E-state index in [-0.39, 0.29) is 23.5 Å². The fourth-order valence-corrected chi connectivity index (χ4v) is 4.85. The van der Waals surface area contributed by atoms with Crippen molar-refractivity contribution in [1.29, 1.82) is 0 Å². The lowest BCUT2D eigenvalue weighted by atomic mass is 10.1. The highest BCUT2D eigenvalue weighted by Crippen LogP contribution is 2.29. The molecule has 0 aliphatic heterocycles. The molecule has 1 fully saturated rings. The van der Waals surface area contributed by atoms with Gasteiger partial charge in [-0.15, -0.1) is 11.3 Å². The molecule has 0 spiro atoms. The Morgan fingerprint density at radius 1 is 1.11 bits per heavy atom. The number of nitrogens with zero attached hydrogens (tertiary/aromatic N) is 2. The van der Waals surface area contributed by atoms with E-state index in [0.29, 0.717) is 36.7 Å². The fraction of sp³-hybridized carbons (Fsp3) is 0.333. The number of rotatable bonds is 11. The molecule has 0 saturated heterocycles. The fourth-order valence-electron chi connectivity index (χ4n) is 3.95. The van der Waals surface area contributed by atoms with Crippen molar-refractivity contribution in [1.82, 2.24) is 9.80 Å². The highest BCUT2D eigenvalue weighted by molar-refractivity contribution is 7.09. The molecule has 0 unspecified atom stereocenters. The van der Waals surface area contributed by atoms with Gasteiger partial charge < -0.3 is 24.6 Å². The Labute approximate surface area is 224 Å². The zero-order valence-corrected chi connectivity index (χ0v) is 22.3. The van der Waals surface area contributed by atoms with E-state index < -0.39 is 11.8 Å². The molecule has 1 heterocycles. The number of carbonyl (C=O) groups is 2. The van der Waals surface area contributed by atoms with Gasteiger partial charge in [0.25, 0.3) is 0 Å². The molecule has 4 rings (SSSR count). The molecule has 2 aromatic carbocycles. The predicted molar refractivity (Wildman–Crippen MR) is 143 cm³/mol. The van der Waals surface area contributed by atoms with Crippen molar-refractivity contribution in [2.75, 3.05) is 32.6 Å². The molecule has 0 atom stereocenters. The molecular formula is C27H29ClFN3O4S. The Balaban J connectivity index is 1.46. The third-order valence-electron chi connectivity index (χ3n) is 6.12. The van der Waals surface area contributed by atoms with Crippen molar-refractivity contribution in [3.05, 3.63) is 75.2 Å². The Bertz CT molecular complexity index is 1240. The molecule has 1 aliphatic carbocycles. The first kappa shape index (κ1) is 26.8. The highest BCUT2D eigenvalue weighted by Gasteiger charge is 2.35. The molecule has 37 heavy (non-hydrogen) atoms. The second-order valence-electron chi connectivity index (χ2n) is 8.75. The standard InChI is InChI=1S/C27H29ClFN3O4S/c1-35-24-10-5-18(14-25(24)36-2)11-12-31(16-21-4-3-13-37-21)26(33)17-32(20-7-8-20)27(34)30-19-6-9-23(29)22(28)15-19/h3-6,9-10,13-15,20H,7-8,11-12,16-17H2,1-2H3,(H,30,34). The van der Waals surface area contributed by atoms with Crippen LogP contribution in [0.1, 0.15) is 23.3 Å². The number of hydrogen-bond acceptors (Lipinski definition) is 5. The number of thiophene rings is 1. The van der Waals surface area contributed by atoms with Gasteiger partial charge in [-0.2, -0.15) is 0 Å². The number of amides is 3. The van der Waals surface area contributed by atoms with E-state index in [2.05, 4.69) is 5.32 Å². The lowest BCUT2D eigenvalue weighted by Crippen LogP contribution is -2.45. The quantitative estimate of drug-likeness (QED) is 0.329. The van der Waals surface area contributed by atoms with E-state index >= 15 is 0 Å². The number of ether oxygens (including phenoxy) is 2. The van der Waals surface area contributed by atoms with Gasteiger partial charge in [-0.05, 0) is 66.6 Å². The minimum Gasteiger partial charge on any atom is -0.493 e. The summed E-state index contributed by atoms with van der Waals surface area (Å²) in [5.74, 6) is 0.570. The average molecular weight is 546 g/mol. The molecule has 3 amide bonds. The molecule has 3 aromatic rings. The van der Waals surface area contributed by atoms with Gasteiger partial charge in [0.05, 0.1) is 25.8 Å². The Morgan fingerprint density at radius 2 is 1.89 bits per heavy atom. The number of anilines is 1. The average Bonchev–Trinajstić information content (AvgIpc) is 3.61. The molecule has 1 N–H and O–H groups in total. The third-order valence-corrected chi connectivity index (χ3v) is 7.27. The maximum absolute atomic E-state index is 13.5. The van der Waals surface area contributed by atoms with Crippen molar-refractivity contribution in [2.45, 2.75) is 31.8 Å². The van der Waals surface area contributed by atoms with Gasteiger partial charge in [0.15, 0.2) is 11.5 Å². The van der Waals surface area contributed by atoms with Gasteiger partial charge in [0.1, 0.15) is 12.4 Å². The van der Waals surface area contributed by atoms with E-state index in [1.807, 2.05) is 35.7 Å². The number of hydrogen-bond donors (Lipinski definition) is 1. The third kappa shape index (κ3) is 7.14. The summed E-state index contributed by atoms with van der Waals surface area (Å²) in [4.78, 5) is 31.0. The predicted octanol–water partition coefficient (Wildman–Crippen LogP) is 5.83. The van der Waals surface area contributed by atoms with Crippen LogP contribution in [0.3, 0.4) is 0 Å². The number of halogens is 2. The first-order valence-corrected chi connectivity index (χ1v) is 13.2. The van der Waals surface area contributed by atoms with Gasteiger partial charge in [0, 0.05) is 23.2 Å². The summed E-state index contributed by atoms with van der Waals surface area (Å²) in [6.45, 7) is 0.875. The summed E-state index contributed by atoms with van der Waals surface area (Å²) in [6, 6.07) is 13.2. The van der Waals surface area contributed by atoms with Gasteiger partial charge in [-0.1, -0.05) is 23.7 Å². The second-order valence-corrected chi connectivity index (χ2v) is 10.2. The first-order chi connectivity index (χ1) is 17.9. The van der Waals surface area contributed by atoms with Crippen molar-refractivity contribution in [3.8, 4) is 11.5 Å². The van der Waals surface area contributed by atoms with E-state index in [0.717, 1.165) is 23.3 Å². The lowest BCUT2D eigenvalue weighted by molar-refractivity contribution is -0.132. The van der Waals surface area contributed by atoms with Crippen LogP contribution in [0.15, 0.2) is 53.9 Å². The number of carbonyl (C=O) groups excluding carboxylic acids is 2. The minimum absolute atomic E-state index is 0.00527. The summed E-state index contributed by atoms with van der Waals surface area (Å²) >= 11 is 7.43. The zero-order chi connectivity index (χ0) is 26.4. The summed E-state index contributed by atoms with van der Waals surface area (Å²) in [5, 5.41) is 4.64. The Hall–Kier alpha value is -3.30. The van der Waals surface area contributed by atoms with Crippen LogP contribution in [0.5, 0.6) is 11.5 Å². The van der Waals surface area contributed by atoms with Crippen LogP contribution in [-0.4, -0.2) is 55.1 Å². The summed E-state index contributed by atoms with van der Waals surface area (Å²) < 4.78 is 24.2. The van der Waals surface area contributed by atoms with E-state index in [4.69, 9.17) is 21.1 Å². The minimum atomic E-state index is -0.562. The van der Waals surface area contributed by atoms with E-state index in [1.165, 1.54) is 18.2 Å². The van der Waals surface area contributed by atoms with Crippen molar-refractivity contribution in [2.24, 2.45) is 0 Å². The maximum Gasteiger partial charge on any atom is 0.322 e. The van der Waals surface area contributed by atoms with E-state index in [9.17, 15) is 14.0 Å². The second kappa shape index (κ2) is 12.3. The summed E-state index contributed by atoms with van der Waals surface area (Å²) in [6.07, 6.45) is 2.28. The molecule has 7 nitrogen and oxygen atoms in total. The molecular weight excluding hydrogens is 517 g/mol. The number of methoxy groups -OCH3 is 2. The van der Waals surface area contributed by atoms with Crippen molar-refractivity contribution >= 4 is 40.6 Å². The van der Waals surface area contributed by atoms with Crippen LogP contribution in [0, 0.1) is 5.82 Å². The lowest BCUT2D eigenvalue weighted by Gasteiger charge is -2.28. The van der Waals surface area contributed by atoms with Crippen LogP contribution in [0.4, 0.5) is 14.9 Å². The SMILES string of the molecule is COc1ccc(CCN(Cc2cccs2)C(=O)CN(C(=O)Nc2ccc(F)c(Cl)c2)C2CC2)cc1OC. The zero-order valence-electron chi connectivity index (χ0n) is 20.7. The number of benzene rings is 2.